The summed E-state index contributed by atoms with van der Waals surface area (Å²) in [4.78, 5) is 12.6. The van der Waals surface area contributed by atoms with E-state index in [1.54, 1.807) is 18.5 Å². The van der Waals surface area contributed by atoms with Crippen molar-refractivity contribution in [3.05, 3.63) is 54.4 Å². The maximum Gasteiger partial charge on any atom is 0.181 e. The van der Waals surface area contributed by atoms with Gasteiger partial charge in [0.1, 0.15) is 11.3 Å². The highest BCUT2D eigenvalue weighted by molar-refractivity contribution is 5.73. The highest BCUT2D eigenvalue weighted by Gasteiger charge is 2.16. The molecule has 0 saturated heterocycles. The van der Waals surface area contributed by atoms with Crippen molar-refractivity contribution in [2.75, 3.05) is 6.54 Å². The SMILES string of the molecule is NCC(c1ccc2ncoc2c1)c1ncccn1. The van der Waals surface area contributed by atoms with Crippen LogP contribution in [-0.2, 0) is 0 Å². The van der Waals surface area contributed by atoms with Crippen molar-refractivity contribution >= 4 is 11.1 Å². The summed E-state index contributed by atoms with van der Waals surface area (Å²) in [6, 6.07) is 7.63. The maximum absolute atomic E-state index is 5.83. The first-order chi connectivity index (χ1) is 8.88. The van der Waals surface area contributed by atoms with Crippen LogP contribution in [-0.4, -0.2) is 21.5 Å². The molecule has 1 aromatic carbocycles. The second-order valence-electron chi connectivity index (χ2n) is 3.97. The molecule has 3 rings (SSSR count). The molecule has 0 amide bonds. The number of aromatic nitrogens is 3. The van der Waals surface area contributed by atoms with Gasteiger partial charge >= 0.3 is 0 Å². The summed E-state index contributed by atoms with van der Waals surface area (Å²) in [5, 5.41) is 0. The van der Waals surface area contributed by atoms with Crippen molar-refractivity contribution in [3.8, 4) is 0 Å². The fourth-order valence-electron chi connectivity index (χ4n) is 1.97. The molecule has 3 aromatic rings. The zero-order valence-electron chi connectivity index (χ0n) is 9.65. The van der Waals surface area contributed by atoms with Gasteiger partial charge in [-0.25, -0.2) is 15.0 Å². The molecule has 0 bridgehead atoms. The third-order valence-electron chi connectivity index (χ3n) is 2.89. The summed E-state index contributed by atoms with van der Waals surface area (Å²) in [5.41, 5.74) is 8.45. The summed E-state index contributed by atoms with van der Waals surface area (Å²) < 4.78 is 5.30. The van der Waals surface area contributed by atoms with E-state index in [4.69, 9.17) is 10.2 Å². The summed E-state index contributed by atoms with van der Waals surface area (Å²) in [6.45, 7) is 0.448. The van der Waals surface area contributed by atoms with E-state index in [2.05, 4.69) is 15.0 Å². The second kappa shape index (κ2) is 4.54. The first kappa shape index (κ1) is 10.9. The largest absolute Gasteiger partial charge is 0.443 e. The summed E-state index contributed by atoms with van der Waals surface area (Å²) in [7, 11) is 0. The van der Waals surface area contributed by atoms with Gasteiger partial charge in [-0.15, -0.1) is 0 Å². The van der Waals surface area contributed by atoms with Crippen LogP contribution >= 0.6 is 0 Å². The summed E-state index contributed by atoms with van der Waals surface area (Å²) in [6.07, 6.45) is 4.88. The van der Waals surface area contributed by atoms with E-state index in [0.29, 0.717) is 6.54 Å². The van der Waals surface area contributed by atoms with Crippen molar-refractivity contribution in [3.63, 3.8) is 0 Å². The van der Waals surface area contributed by atoms with Gasteiger partial charge in [0.25, 0.3) is 0 Å². The van der Waals surface area contributed by atoms with E-state index >= 15 is 0 Å². The average Bonchev–Trinajstić information content (AvgIpc) is 2.88. The second-order valence-corrected chi connectivity index (χ2v) is 3.97. The molecule has 90 valence electrons. The number of oxazole rings is 1. The van der Waals surface area contributed by atoms with Crippen LogP contribution in [0.3, 0.4) is 0 Å². The first-order valence-corrected chi connectivity index (χ1v) is 5.68. The van der Waals surface area contributed by atoms with Crippen LogP contribution in [0.25, 0.3) is 11.1 Å². The highest BCUT2D eigenvalue weighted by atomic mass is 16.3. The van der Waals surface area contributed by atoms with Gasteiger partial charge in [0.15, 0.2) is 12.0 Å². The fraction of sp³-hybridized carbons (Fsp3) is 0.154. The Kier molecular flexibility index (Phi) is 2.74. The van der Waals surface area contributed by atoms with Gasteiger partial charge in [-0.2, -0.15) is 0 Å². The van der Waals surface area contributed by atoms with E-state index in [1.807, 2.05) is 18.2 Å². The number of nitrogens with zero attached hydrogens (tertiary/aromatic N) is 3. The zero-order valence-corrected chi connectivity index (χ0v) is 9.65. The molecular formula is C13H12N4O. The number of rotatable bonds is 3. The van der Waals surface area contributed by atoms with E-state index in [1.165, 1.54) is 6.39 Å². The quantitative estimate of drug-likeness (QED) is 0.754. The Morgan fingerprint density at radius 1 is 1.17 bits per heavy atom. The van der Waals surface area contributed by atoms with Crippen molar-refractivity contribution in [1.82, 2.24) is 15.0 Å². The van der Waals surface area contributed by atoms with Crippen LogP contribution in [0.5, 0.6) is 0 Å². The third kappa shape index (κ3) is 1.84. The number of hydrogen-bond acceptors (Lipinski definition) is 5. The van der Waals surface area contributed by atoms with Crippen molar-refractivity contribution < 1.29 is 4.42 Å². The summed E-state index contributed by atoms with van der Waals surface area (Å²) in [5.74, 6) is 0.694. The zero-order chi connectivity index (χ0) is 12.4. The van der Waals surface area contributed by atoms with Crippen LogP contribution in [0.15, 0.2) is 47.5 Å². The lowest BCUT2D eigenvalue weighted by Gasteiger charge is -2.13. The lowest BCUT2D eigenvalue weighted by atomic mass is 9.98. The van der Waals surface area contributed by atoms with Crippen molar-refractivity contribution in [2.45, 2.75) is 5.92 Å². The fourth-order valence-corrected chi connectivity index (χ4v) is 1.97. The minimum absolute atomic E-state index is 0.0271. The number of hydrogen-bond donors (Lipinski definition) is 1. The molecular weight excluding hydrogens is 228 g/mol. The topological polar surface area (TPSA) is 77.8 Å². The van der Waals surface area contributed by atoms with Gasteiger partial charge < -0.3 is 10.2 Å². The molecule has 2 aromatic heterocycles. The maximum atomic E-state index is 5.83. The van der Waals surface area contributed by atoms with Gasteiger partial charge in [-0.3, -0.25) is 0 Å². The Morgan fingerprint density at radius 2 is 2.00 bits per heavy atom. The predicted octanol–water partition coefficient (Wildman–Crippen LogP) is 1.71. The van der Waals surface area contributed by atoms with Gasteiger partial charge in [-0.1, -0.05) is 6.07 Å². The van der Waals surface area contributed by atoms with Crippen molar-refractivity contribution in [1.29, 1.82) is 0 Å². The molecule has 2 N–H and O–H groups in total. The molecule has 1 atom stereocenters. The molecule has 1 unspecified atom stereocenters. The highest BCUT2D eigenvalue weighted by Crippen LogP contribution is 2.24. The Labute approximate surface area is 104 Å². The monoisotopic (exact) mass is 240 g/mol. The normalized spacial score (nSPS) is 12.7. The Morgan fingerprint density at radius 3 is 2.78 bits per heavy atom. The smallest absolute Gasteiger partial charge is 0.181 e. The lowest BCUT2D eigenvalue weighted by Crippen LogP contribution is -2.16. The Balaban J connectivity index is 2.05. The molecule has 5 heteroatoms. The molecule has 0 radical (unpaired) electrons. The van der Waals surface area contributed by atoms with E-state index in [0.717, 1.165) is 22.5 Å². The molecule has 5 nitrogen and oxygen atoms in total. The van der Waals surface area contributed by atoms with Gasteiger partial charge in [-0.05, 0) is 23.8 Å². The molecule has 0 aliphatic rings. The number of benzene rings is 1. The molecule has 18 heavy (non-hydrogen) atoms. The third-order valence-corrected chi connectivity index (χ3v) is 2.89. The summed E-state index contributed by atoms with van der Waals surface area (Å²) >= 11 is 0. The lowest BCUT2D eigenvalue weighted by molar-refractivity contribution is 0.601. The van der Waals surface area contributed by atoms with E-state index < -0.39 is 0 Å². The van der Waals surface area contributed by atoms with Gasteiger partial charge in [0, 0.05) is 18.9 Å². The predicted molar refractivity (Wildman–Crippen MR) is 66.9 cm³/mol. The van der Waals surface area contributed by atoms with Crippen LogP contribution in [0, 0.1) is 0 Å². The molecule has 0 aliphatic heterocycles. The molecule has 2 heterocycles. The van der Waals surface area contributed by atoms with Gasteiger partial charge in [0.05, 0.1) is 5.92 Å². The van der Waals surface area contributed by atoms with E-state index in [-0.39, 0.29) is 5.92 Å². The van der Waals surface area contributed by atoms with Crippen LogP contribution in [0.4, 0.5) is 0 Å². The Bertz CT molecular complexity index is 650. The molecule has 0 aliphatic carbocycles. The number of nitrogens with two attached hydrogens (primary N) is 1. The first-order valence-electron chi connectivity index (χ1n) is 5.68. The minimum atomic E-state index is -0.0271. The van der Waals surface area contributed by atoms with E-state index in [9.17, 15) is 0 Å². The molecule has 0 spiro atoms. The number of fused-ring (bicyclic) bond motifs is 1. The van der Waals surface area contributed by atoms with Gasteiger partial charge in [0.2, 0.25) is 0 Å². The van der Waals surface area contributed by atoms with Crippen molar-refractivity contribution in [2.24, 2.45) is 5.73 Å². The Hall–Kier alpha value is -2.27. The van der Waals surface area contributed by atoms with Crippen LogP contribution in [0.1, 0.15) is 17.3 Å². The van der Waals surface area contributed by atoms with Crippen LogP contribution < -0.4 is 5.73 Å². The molecule has 0 saturated carbocycles. The minimum Gasteiger partial charge on any atom is -0.443 e. The van der Waals surface area contributed by atoms with Crippen LogP contribution in [0.2, 0.25) is 0 Å². The molecule has 0 fully saturated rings. The average molecular weight is 240 g/mol. The standard InChI is InChI=1S/C13H12N4O/c14-7-10(13-15-4-1-5-16-13)9-2-3-11-12(6-9)18-8-17-11/h1-6,8,10H,7,14H2.